The molecule has 1 fully saturated rings. The fourth-order valence-electron chi connectivity index (χ4n) is 1.84. The van der Waals surface area contributed by atoms with E-state index < -0.39 is 23.2 Å². The predicted octanol–water partition coefficient (Wildman–Crippen LogP) is 3.04. The summed E-state index contributed by atoms with van der Waals surface area (Å²) in [6.45, 7) is 5.35. The Kier molecular flexibility index (Phi) is 4.84. The summed E-state index contributed by atoms with van der Waals surface area (Å²) in [5.74, 6) is -1.02. The van der Waals surface area contributed by atoms with E-state index in [1.54, 1.807) is 13.0 Å². The number of hydrogen-bond acceptors (Lipinski definition) is 6. The minimum Gasteiger partial charge on any atom is -0.464 e. The number of esters is 1. The van der Waals surface area contributed by atoms with Gasteiger partial charge in [-0.15, -0.1) is 11.3 Å². The molecule has 1 atom stereocenters. The molecular weight excluding hydrogens is 310 g/mol. The SMILES string of the molecule is CCOC(=O)C(C)N1C(=O)SC(=Cc2ccc(C)s2)C1=O. The predicted molar refractivity (Wildman–Crippen MR) is 83.0 cm³/mol. The number of amides is 2. The zero-order chi connectivity index (χ0) is 15.6. The fraction of sp³-hybridized carbons (Fsp3) is 0.357. The number of hydrogen-bond donors (Lipinski definition) is 0. The topological polar surface area (TPSA) is 63.7 Å². The van der Waals surface area contributed by atoms with Gasteiger partial charge in [-0.05, 0) is 50.7 Å². The molecule has 7 heteroatoms. The summed E-state index contributed by atoms with van der Waals surface area (Å²) in [5.41, 5.74) is 0. The van der Waals surface area contributed by atoms with E-state index in [1.807, 2.05) is 19.1 Å². The lowest BCUT2D eigenvalue weighted by molar-refractivity contribution is -0.150. The van der Waals surface area contributed by atoms with Gasteiger partial charge in [-0.2, -0.15) is 0 Å². The van der Waals surface area contributed by atoms with Crippen LogP contribution in [0.3, 0.4) is 0 Å². The number of carbonyl (C=O) groups excluding carboxylic acids is 3. The van der Waals surface area contributed by atoms with Crippen LogP contribution in [0.4, 0.5) is 4.79 Å². The number of nitrogens with zero attached hydrogens (tertiary/aromatic N) is 1. The highest BCUT2D eigenvalue weighted by Gasteiger charge is 2.41. The summed E-state index contributed by atoms with van der Waals surface area (Å²) < 4.78 is 4.86. The van der Waals surface area contributed by atoms with Crippen molar-refractivity contribution >= 4 is 46.3 Å². The number of thioether (sulfide) groups is 1. The number of aryl methyl sites for hydroxylation is 1. The highest BCUT2D eigenvalue weighted by atomic mass is 32.2. The monoisotopic (exact) mass is 325 g/mol. The molecule has 2 heterocycles. The van der Waals surface area contributed by atoms with Crippen LogP contribution >= 0.6 is 23.1 Å². The molecule has 112 valence electrons. The second-order valence-corrected chi connectivity index (χ2v) is 6.74. The van der Waals surface area contributed by atoms with E-state index >= 15 is 0 Å². The van der Waals surface area contributed by atoms with Gasteiger partial charge < -0.3 is 4.74 Å². The van der Waals surface area contributed by atoms with Crippen molar-refractivity contribution in [2.75, 3.05) is 6.61 Å². The molecule has 0 N–H and O–H groups in total. The molecule has 1 saturated heterocycles. The Morgan fingerprint density at radius 1 is 1.43 bits per heavy atom. The van der Waals surface area contributed by atoms with Crippen molar-refractivity contribution in [1.82, 2.24) is 4.90 Å². The third-order valence-corrected chi connectivity index (χ3v) is 4.70. The molecule has 1 aromatic rings. The van der Waals surface area contributed by atoms with Crippen molar-refractivity contribution in [1.29, 1.82) is 0 Å². The van der Waals surface area contributed by atoms with Crippen LogP contribution in [0.25, 0.3) is 6.08 Å². The summed E-state index contributed by atoms with van der Waals surface area (Å²) in [4.78, 5) is 39.3. The Balaban J connectivity index is 2.20. The van der Waals surface area contributed by atoms with E-state index in [2.05, 4.69) is 0 Å². The van der Waals surface area contributed by atoms with Crippen molar-refractivity contribution in [3.63, 3.8) is 0 Å². The van der Waals surface area contributed by atoms with Gasteiger partial charge in [-0.25, -0.2) is 4.79 Å². The first-order chi connectivity index (χ1) is 9.93. The fourth-order valence-corrected chi connectivity index (χ4v) is 3.64. The van der Waals surface area contributed by atoms with Crippen LogP contribution in [-0.4, -0.2) is 34.7 Å². The molecule has 1 aromatic heterocycles. The van der Waals surface area contributed by atoms with Gasteiger partial charge in [0.2, 0.25) is 0 Å². The molecule has 5 nitrogen and oxygen atoms in total. The van der Waals surface area contributed by atoms with E-state index in [0.29, 0.717) is 4.91 Å². The lowest BCUT2D eigenvalue weighted by atomic mass is 10.3. The Morgan fingerprint density at radius 3 is 2.71 bits per heavy atom. The highest BCUT2D eigenvalue weighted by molar-refractivity contribution is 8.18. The molecule has 0 spiro atoms. The molecule has 0 saturated carbocycles. The van der Waals surface area contributed by atoms with Crippen LogP contribution in [-0.2, 0) is 14.3 Å². The zero-order valence-corrected chi connectivity index (χ0v) is 13.5. The summed E-state index contributed by atoms with van der Waals surface area (Å²) in [5, 5.41) is -0.444. The second-order valence-electron chi connectivity index (χ2n) is 4.43. The molecule has 0 radical (unpaired) electrons. The maximum atomic E-state index is 12.3. The normalized spacial score (nSPS) is 18.4. The van der Waals surface area contributed by atoms with Gasteiger partial charge in [-0.3, -0.25) is 14.5 Å². The van der Waals surface area contributed by atoms with Crippen molar-refractivity contribution in [2.24, 2.45) is 0 Å². The summed E-state index contributed by atoms with van der Waals surface area (Å²) in [7, 11) is 0. The van der Waals surface area contributed by atoms with Crippen molar-refractivity contribution in [3.8, 4) is 0 Å². The van der Waals surface area contributed by atoms with E-state index in [-0.39, 0.29) is 6.61 Å². The summed E-state index contributed by atoms with van der Waals surface area (Å²) in [6.07, 6.45) is 1.68. The van der Waals surface area contributed by atoms with Crippen LogP contribution in [0, 0.1) is 6.92 Å². The standard InChI is InChI=1S/C14H15NO4S2/c1-4-19-13(17)9(3)15-12(16)11(21-14(15)18)7-10-6-5-8(2)20-10/h5-7,9H,4H2,1-3H3. The molecule has 0 bridgehead atoms. The smallest absolute Gasteiger partial charge is 0.329 e. The lowest BCUT2D eigenvalue weighted by Crippen LogP contribution is -2.42. The van der Waals surface area contributed by atoms with E-state index in [4.69, 9.17) is 4.74 Å². The Bertz CT molecular complexity index is 620. The molecule has 1 aliphatic heterocycles. The second kappa shape index (κ2) is 6.44. The maximum Gasteiger partial charge on any atom is 0.329 e. The first-order valence-corrected chi connectivity index (χ1v) is 8.07. The minimum atomic E-state index is -0.909. The third-order valence-electron chi connectivity index (χ3n) is 2.87. The van der Waals surface area contributed by atoms with E-state index in [1.165, 1.54) is 18.3 Å². The molecule has 1 aliphatic rings. The summed E-state index contributed by atoms with van der Waals surface area (Å²) in [6, 6.07) is 2.93. The molecule has 0 aromatic carbocycles. The number of thiophene rings is 1. The number of rotatable bonds is 4. The summed E-state index contributed by atoms with van der Waals surface area (Å²) >= 11 is 2.39. The van der Waals surface area contributed by atoms with Gasteiger partial charge in [0.25, 0.3) is 11.1 Å². The van der Waals surface area contributed by atoms with Gasteiger partial charge in [-0.1, -0.05) is 0 Å². The Morgan fingerprint density at radius 2 is 2.14 bits per heavy atom. The first kappa shape index (κ1) is 15.8. The minimum absolute atomic E-state index is 0.212. The van der Waals surface area contributed by atoms with Gasteiger partial charge in [0.05, 0.1) is 11.5 Å². The van der Waals surface area contributed by atoms with E-state index in [9.17, 15) is 14.4 Å². The van der Waals surface area contributed by atoms with Crippen molar-refractivity contribution < 1.29 is 19.1 Å². The Hall–Kier alpha value is -1.60. The quantitative estimate of drug-likeness (QED) is 0.629. The molecule has 2 rings (SSSR count). The van der Waals surface area contributed by atoms with Crippen LogP contribution < -0.4 is 0 Å². The van der Waals surface area contributed by atoms with Crippen LogP contribution in [0.5, 0.6) is 0 Å². The molecule has 1 unspecified atom stereocenters. The highest BCUT2D eigenvalue weighted by Crippen LogP contribution is 2.34. The van der Waals surface area contributed by atoms with Gasteiger partial charge in [0, 0.05) is 9.75 Å². The maximum absolute atomic E-state index is 12.3. The third kappa shape index (κ3) is 3.36. The van der Waals surface area contributed by atoms with Crippen LogP contribution in [0.15, 0.2) is 17.0 Å². The number of ether oxygens (including phenoxy) is 1. The molecule has 21 heavy (non-hydrogen) atoms. The zero-order valence-electron chi connectivity index (χ0n) is 11.9. The molecule has 0 aliphatic carbocycles. The van der Waals surface area contributed by atoms with Crippen LogP contribution in [0.2, 0.25) is 0 Å². The molecular formula is C14H15NO4S2. The lowest BCUT2D eigenvalue weighted by Gasteiger charge is -2.19. The van der Waals surface area contributed by atoms with E-state index in [0.717, 1.165) is 26.4 Å². The average Bonchev–Trinajstić information content (AvgIpc) is 2.94. The first-order valence-electron chi connectivity index (χ1n) is 6.44. The Labute approximate surface area is 131 Å². The average molecular weight is 325 g/mol. The van der Waals surface area contributed by atoms with Gasteiger partial charge in [0.15, 0.2) is 0 Å². The largest absolute Gasteiger partial charge is 0.464 e. The number of imide groups is 1. The van der Waals surface area contributed by atoms with Gasteiger partial charge >= 0.3 is 5.97 Å². The molecule has 2 amide bonds. The van der Waals surface area contributed by atoms with Crippen molar-refractivity contribution in [2.45, 2.75) is 26.8 Å². The number of carbonyl (C=O) groups is 3. The van der Waals surface area contributed by atoms with Crippen LogP contribution in [0.1, 0.15) is 23.6 Å². The van der Waals surface area contributed by atoms with Crippen molar-refractivity contribution in [3.05, 3.63) is 26.8 Å². The van der Waals surface area contributed by atoms with Gasteiger partial charge in [0.1, 0.15) is 6.04 Å².